The molecule has 0 aromatic heterocycles. The zero-order valence-electron chi connectivity index (χ0n) is 10.8. The van der Waals surface area contributed by atoms with Crippen LogP contribution in [0.25, 0.3) is 0 Å². The predicted molar refractivity (Wildman–Crippen MR) is 69.5 cm³/mol. The smallest absolute Gasteiger partial charge is 0.246 e. The molecule has 0 heterocycles. The minimum absolute atomic E-state index is 0.0156. The van der Waals surface area contributed by atoms with E-state index in [1.165, 1.54) is 16.4 Å². The van der Waals surface area contributed by atoms with Crippen molar-refractivity contribution >= 4 is 10.0 Å². The molecule has 0 amide bonds. The first-order valence-electron chi connectivity index (χ1n) is 6.41. The summed E-state index contributed by atoms with van der Waals surface area (Å²) in [5, 5.41) is 8.92. The van der Waals surface area contributed by atoms with Crippen molar-refractivity contribution in [2.24, 2.45) is 0 Å². The lowest BCUT2D eigenvalue weighted by molar-refractivity contribution is 0.281. The third-order valence-corrected chi connectivity index (χ3v) is 5.15. The van der Waals surface area contributed by atoms with Gasteiger partial charge in [-0.3, -0.25) is 0 Å². The summed E-state index contributed by atoms with van der Waals surface area (Å²) in [6.07, 6.45) is 2.39. The van der Waals surface area contributed by atoms with E-state index in [9.17, 15) is 12.8 Å². The quantitative estimate of drug-likeness (QED) is 0.869. The van der Waals surface area contributed by atoms with Gasteiger partial charge in [0.05, 0.1) is 6.61 Å². The minimum atomic E-state index is -3.78. The van der Waals surface area contributed by atoms with E-state index in [0.717, 1.165) is 18.9 Å². The molecule has 2 rings (SSSR count). The molecule has 1 aliphatic carbocycles. The minimum Gasteiger partial charge on any atom is -0.392 e. The highest BCUT2D eigenvalue weighted by molar-refractivity contribution is 7.89. The van der Waals surface area contributed by atoms with Crippen LogP contribution >= 0.6 is 0 Å². The molecule has 1 saturated carbocycles. The third kappa shape index (κ3) is 2.96. The van der Waals surface area contributed by atoms with Gasteiger partial charge in [0.1, 0.15) is 10.7 Å². The zero-order valence-corrected chi connectivity index (χ0v) is 11.7. The summed E-state index contributed by atoms with van der Waals surface area (Å²) in [5.74, 6) is -0.798. The van der Waals surface area contributed by atoms with E-state index >= 15 is 0 Å². The van der Waals surface area contributed by atoms with Crippen LogP contribution in [0.15, 0.2) is 23.1 Å². The average molecular weight is 287 g/mol. The second kappa shape index (κ2) is 5.56. The van der Waals surface area contributed by atoms with Gasteiger partial charge < -0.3 is 5.11 Å². The third-order valence-electron chi connectivity index (χ3n) is 3.16. The fraction of sp³-hybridized carbons (Fsp3) is 0.538. The number of hydrogen-bond donors (Lipinski definition) is 1. The maximum atomic E-state index is 13.9. The van der Waals surface area contributed by atoms with Crippen molar-refractivity contribution in [3.05, 3.63) is 29.6 Å². The topological polar surface area (TPSA) is 57.6 Å². The number of halogens is 1. The number of benzene rings is 1. The van der Waals surface area contributed by atoms with Gasteiger partial charge in [0.15, 0.2) is 0 Å². The van der Waals surface area contributed by atoms with Crippen LogP contribution in [0.3, 0.4) is 0 Å². The molecule has 0 atom stereocenters. The normalized spacial score (nSPS) is 16.0. The first-order valence-corrected chi connectivity index (χ1v) is 7.85. The number of sulfonamides is 1. The molecule has 1 aliphatic rings. The lowest BCUT2D eigenvalue weighted by atomic mass is 10.2. The molecule has 0 spiro atoms. The van der Waals surface area contributed by atoms with Gasteiger partial charge >= 0.3 is 0 Å². The van der Waals surface area contributed by atoms with E-state index in [2.05, 4.69) is 0 Å². The molecule has 4 nitrogen and oxygen atoms in total. The van der Waals surface area contributed by atoms with Crippen LogP contribution in [0.5, 0.6) is 0 Å². The van der Waals surface area contributed by atoms with Crippen LogP contribution in [0.4, 0.5) is 4.39 Å². The Morgan fingerprint density at radius 1 is 1.42 bits per heavy atom. The summed E-state index contributed by atoms with van der Waals surface area (Å²) in [5.41, 5.74) is 0.366. The van der Waals surface area contributed by atoms with Gasteiger partial charge in [-0.1, -0.05) is 13.0 Å². The molecule has 6 heteroatoms. The van der Waals surface area contributed by atoms with Crippen LogP contribution in [0, 0.1) is 5.82 Å². The molecule has 19 heavy (non-hydrogen) atoms. The largest absolute Gasteiger partial charge is 0.392 e. The molecule has 0 radical (unpaired) electrons. The van der Waals surface area contributed by atoms with Crippen molar-refractivity contribution in [3.8, 4) is 0 Å². The summed E-state index contributed by atoms with van der Waals surface area (Å²) >= 11 is 0. The Hall–Kier alpha value is -0.980. The summed E-state index contributed by atoms with van der Waals surface area (Å²) in [4.78, 5) is -0.301. The van der Waals surface area contributed by atoms with Gasteiger partial charge in [0.25, 0.3) is 0 Å². The maximum absolute atomic E-state index is 13.9. The summed E-state index contributed by atoms with van der Waals surface area (Å²) in [6, 6.07) is 3.76. The van der Waals surface area contributed by atoms with Gasteiger partial charge in [-0.05, 0) is 37.0 Å². The molecule has 106 valence electrons. The van der Waals surface area contributed by atoms with Gasteiger partial charge in [-0.15, -0.1) is 0 Å². The summed E-state index contributed by atoms with van der Waals surface area (Å²) < 4.78 is 40.2. The van der Waals surface area contributed by atoms with Crippen molar-refractivity contribution in [2.75, 3.05) is 6.54 Å². The van der Waals surface area contributed by atoms with Gasteiger partial charge in [-0.25, -0.2) is 12.8 Å². The highest BCUT2D eigenvalue weighted by Gasteiger charge is 2.38. The van der Waals surface area contributed by atoms with E-state index in [0.29, 0.717) is 18.5 Å². The van der Waals surface area contributed by atoms with Crippen LogP contribution < -0.4 is 0 Å². The molecule has 1 aromatic carbocycles. The first-order chi connectivity index (χ1) is 9.00. The van der Waals surface area contributed by atoms with E-state index < -0.39 is 15.8 Å². The predicted octanol–water partition coefficient (Wildman–Crippen LogP) is 1.88. The molecular weight excluding hydrogens is 269 g/mol. The van der Waals surface area contributed by atoms with Gasteiger partial charge in [-0.2, -0.15) is 4.31 Å². The average Bonchev–Trinajstić information content (AvgIpc) is 3.19. The Labute approximate surface area is 112 Å². The molecule has 0 bridgehead atoms. The summed E-state index contributed by atoms with van der Waals surface area (Å²) in [7, 11) is -3.78. The Balaban J connectivity index is 2.37. The SMILES string of the molecule is CCCN(C1CC1)S(=O)(=O)c1ccc(CO)cc1F. The molecule has 1 fully saturated rings. The maximum Gasteiger partial charge on any atom is 0.246 e. The molecule has 0 unspecified atom stereocenters. The zero-order chi connectivity index (χ0) is 14.0. The molecule has 0 aliphatic heterocycles. The van der Waals surface area contributed by atoms with Crippen molar-refractivity contribution in [1.29, 1.82) is 0 Å². The second-order valence-corrected chi connectivity index (χ2v) is 6.63. The number of aliphatic hydroxyl groups is 1. The number of hydrogen-bond acceptors (Lipinski definition) is 3. The van der Waals surface area contributed by atoms with Gasteiger partial charge in [0, 0.05) is 12.6 Å². The van der Waals surface area contributed by atoms with Crippen molar-refractivity contribution in [1.82, 2.24) is 4.31 Å². The number of aliphatic hydroxyl groups excluding tert-OH is 1. The van der Waals surface area contributed by atoms with E-state index in [1.807, 2.05) is 6.92 Å². The lowest BCUT2D eigenvalue weighted by Crippen LogP contribution is -2.34. The number of rotatable bonds is 6. The second-order valence-electron chi connectivity index (χ2n) is 4.77. The van der Waals surface area contributed by atoms with Crippen LogP contribution in [0.1, 0.15) is 31.7 Å². The van der Waals surface area contributed by atoms with Crippen LogP contribution in [-0.4, -0.2) is 30.4 Å². The van der Waals surface area contributed by atoms with Crippen molar-refractivity contribution in [3.63, 3.8) is 0 Å². The monoisotopic (exact) mass is 287 g/mol. The standard InChI is InChI=1S/C13H18FNO3S/c1-2-7-15(11-4-5-11)19(17,18)13-6-3-10(9-16)8-12(13)14/h3,6,8,11,16H,2,4-5,7,9H2,1H3. The molecule has 0 saturated heterocycles. The molecule has 1 aromatic rings. The van der Waals surface area contributed by atoms with E-state index in [1.54, 1.807) is 0 Å². The Bertz CT molecular complexity index is 555. The van der Waals surface area contributed by atoms with Gasteiger partial charge in [0.2, 0.25) is 10.0 Å². The van der Waals surface area contributed by atoms with Crippen molar-refractivity contribution in [2.45, 2.75) is 43.7 Å². The lowest BCUT2D eigenvalue weighted by Gasteiger charge is -2.21. The van der Waals surface area contributed by atoms with Crippen molar-refractivity contribution < 1.29 is 17.9 Å². The van der Waals surface area contributed by atoms with E-state index in [4.69, 9.17) is 5.11 Å². The van der Waals surface area contributed by atoms with E-state index in [-0.39, 0.29) is 17.5 Å². The number of nitrogens with zero attached hydrogens (tertiary/aromatic N) is 1. The molecule has 1 N–H and O–H groups in total. The fourth-order valence-corrected chi connectivity index (χ4v) is 3.88. The Morgan fingerprint density at radius 3 is 2.58 bits per heavy atom. The first kappa shape index (κ1) is 14.4. The fourth-order valence-electron chi connectivity index (χ4n) is 2.06. The Kier molecular flexibility index (Phi) is 4.23. The Morgan fingerprint density at radius 2 is 2.11 bits per heavy atom. The van der Waals surface area contributed by atoms with Crippen LogP contribution in [0.2, 0.25) is 0 Å². The highest BCUT2D eigenvalue weighted by Crippen LogP contribution is 2.33. The van der Waals surface area contributed by atoms with Crippen LogP contribution in [-0.2, 0) is 16.6 Å². The molecular formula is C13H18FNO3S. The summed E-state index contributed by atoms with van der Waals surface area (Å²) in [6.45, 7) is 2.00. The highest BCUT2D eigenvalue weighted by atomic mass is 32.2.